The zero-order valence-electron chi connectivity index (χ0n) is 14.9. The second-order valence-corrected chi connectivity index (χ2v) is 7.17. The number of aliphatic hydroxyl groups is 8. The van der Waals surface area contributed by atoms with E-state index in [0.717, 1.165) is 0 Å². The van der Waals surface area contributed by atoms with Gasteiger partial charge in [-0.05, 0) is 11.1 Å². The van der Waals surface area contributed by atoms with Crippen LogP contribution >= 0.6 is 0 Å². The number of hydrogen-bond donors (Lipinski definition) is 8. The van der Waals surface area contributed by atoms with Gasteiger partial charge in [-0.1, -0.05) is 24.3 Å². The van der Waals surface area contributed by atoms with E-state index in [4.69, 9.17) is 9.47 Å². The van der Waals surface area contributed by atoms with E-state index in [9.17, 15) is 40.9 Å². The van der Waals surface area contributed by atoms with E-state index in [1.165, 1.54) is 6.07 Å². The van der Waals surface area contributed by atoms with Crippen molar-refractivity contribution in [3.63, 3.8) is 0 Å². The summed E-state index contributed by atoms with van der Waals surface area (Å²) in [4.78, 5) is 0. The highest BCUT2D eigenvalue weighted by Gasteiger charge is 2.46. The smallest absolute Gasteiger partial charge is 0.113 e. The zero-order chi connectivity index (χ0) is 20.6. The fourth-order valence-electron chi connectivity index (χ4n) is 3.67. The highest BCUT2D eigenvalue weighted by Crippen LogP contribution is 2.36. The van der Waals surface area contributed by atoms with Crippen LogP contribution in [0.3, 0.4) is 0 Å². The first-order chi connectivity index (χ1) is 13.3. The maximum Gasteiger partial charge on any atom is 0.113 e. The summed E-state index contributed by atoms with van der Waals surface area (Å²) in [6.07, 6.45) is -13.3. The van der Waals surface area contributed by atoms with Crippen LogP contribution < -0.4 is 0 Å². The molecule has 2 saturated heterocycles. The average Bonchev–Trinajstić information content (AvgIpc) is 2.71. The van der Waals surface area contributed by atoms with E-state index in [-0.39, 0.29) is 0 Å². The third-order valence-corrected chi connectivity index (χ3v) is 5.35. The summed E-state index contributed by atoms with van der Waals surface area (Å²) in [5.41, 5.74) is 0.762. The Hall–Kier alpha value is -1.18. The van der Waals surface area contributed by atoms with Crippen molar-refractivity contribution in [2.45, 2.75) is 61.0 Å². The van der Waals surface area contributed by atoms with Crippen LogP contribution in [0.1, 0.15) is 23.3 Å². The van der Waals surface area contributed by atoms with E-state index in [2.05, 4.69) is 0 Å². The molecule has 0 saturated carbocycles. The molecule has 1 aromatic rings. The first-order valence-electron chi connectivity index (χ1n) is 9.01. The maximum absolute atomic E-state index is 10.3. The maximum atomic E-state index is 10.3. The van der Waals surface area contributed by atoms with Gasteiger partial charge in [-0.2, -0.15) is 0 Å². The number of rotatable bonds is 4. The van der Waals surface area contributed by atoms with Crippen molar-refractivity contribution in [2.75, 3.05) is 13.2 Å². The van der Waals surface area contributed by atoms with Gasteiger partial charge in [-0.15, -0.1) is 0 Å². The van der Waals surface area contributed by atoms with Crippen LogP contribution in [-0.4, -0.2) is 103 Å². The normalized spacial score (nSPS) is 44.4. The quantitative estimate of drug-likeness (QED) is 0.254. The predicted octanol–water partition coefficient (Wildman–Crippen LogP) is -3.28. The van der Waals surface area contributed by atoms with Crippen LogP contribution in [0.5, 0.6) is 0 Å². The minimum absolute atomic E-state index is 0.381. The molecule has 0 unspecified atom stereocenters. The molecule has 0 spiro atoms. The second kappa shape index (κ2) is 8.67. The van der Waals surface area contributed by atoms with E-state index in [1.54, 1.807) is 18.2 Å². The van der Waals surface area contributed by atoms with E-state index >= 15 is 0 Å². The Kier molecular flexibility index (Phi) is 6.67. The SMILES string of the molecule is OC[C@H]1O[C@H](c2cccc([C@H]3O[C@H](CO)[C@@H](O)[C@H](O)[C@@H]3O)c2)[C@@H](O)[C@@H](O)[C@@H]1O. The molecule has 10 heteroatoms. The van der Waals surface area contributed by atoms with E-state index in [1.807, 2.05) is 0 Å². The van der Waals surface area contributed by atoms with Crippen molar-refractivity contribution in [1.82, 2.24) is 0 Å². The van der Waals surface area contributed by atoms with Crippen LogP contribution in [0.2, 0.25) is 0 Å². The van der Waals surface area contributed by atoms with Crippen molar-refractivity contribution < 1.29 is 50.3 Å². The zero-order valence-corrected chi connectivity index (χ0v) is 14.9. The van der Waals surface area contributed by atoms with E-state index in [0.29, 0.717) is 11.1 Å². The molecule has 2 aliphatic heterocycles. The van der Waals surface area contributed by atoms with Gasteiger partial charge in [-0.25, -0.2) is 0 Å². The molecule has 10 nitrogen and oxygen atoms in total. The van der Waals surface area contributed by atoms with Crippen molar-refractivity contribution in [3.05, 3.63) is 35.4 Å². The first-order valence-corrected chi connectivity index (χ1v) is 9.01. The Morgan fingerprint density at radius 3 is 1.36 bits per heavy atom. The van der Waals surface area contributed by atoms with Crippen LogP contribution in [0, 0.1) is 0 Å². The van der Waals surface area contributed by atoms with Gasteiger partial charge in [0.05, 0.1) is 13.2 Å². The van der Waals surface area contributed by atoms with Gasteiger partial charge in [0.2, 0.25) is 0 Å². The summed E-state index contributed by atoms with van der Waals surface area (Å²) in [6.45, 7) is -1.12. The van der Waals surface area contributed by atoms with Crippen molar-refractivity contribution >= 4 is 0 Å². The molecule has 158 valence electrons. The lowest BCUT2D eigenvalue weighted by Gasteiger charge is -2.41. The molecule has 2 heterocycles. The molecule has 28 heavy (non-hydrogen) atoms. The molecule has 8 N–H and O–H groups in total. The molecular formula is C18H26O10. The number of aliphatic hydroxyl groups excluding tert-OH is 8. The highest BCUT2D eigenvalue weighted by molar-refractivity contribution is 5.30. The van der Waals surface area contributed by atoms with Gasteiger partial charge in [0, 0.05) is 0 Å². The minimum atomic E-state index is -1.54. The van der Waals surface area contributed by atoms with Gasteiger partial charge in [-0.3, -0.25) is 0 Å². The number of ether oxygens (including phenoxy) is 2. The van der Waals surface area contributed by atoms with Crippen molar-refractivity contribution in [3.8, 4) is 0 Å². The van der Waals surface area contributed by atoms with Crippen LogP contribution in [0.25, 0.3) is 0 Å². The summed E-state index contributed by atoms with van der Waals surface area (Å²) >= 11 is 0. The highest BCUT2D eigenvalue weighted by atomic mass is 16.6. The van der Waals surface area contributed by atoms with Crippen LogP contribution in [-0.2, 0) is 9.47 Å². The topological polar surface area (TPSA) is 180 Å². The monoisotopic (exact) mass is 402 g/mol. The third-order valence-electron chi connectivity index (χ3n) is 5.35. The largest absolute Gasteiger partial charge is 0.394 e. The Balaban J connectivity index is 1.88. The van der Waals surface area contributed by atoms with Gasteiger partial charge < -0.3 is 50.3 Å². The van der Waals surface area contributed by atoms with Crippen molar-refractivity contribution in [2.24, 2.45) is 0 Å². The molecule has 0 aromatic heterocycles. The molecular weight excluding hydrogens is 376 g/mol. The number of benzene rings is 1. The standard InChI is InChI=1S/C18H26O10/c19-5-9-11(21)13(23)15(25)17(27-9)7-2-1-3-8(4-7)18-16(26)14(24)12(22)10(6-20)28-18/h1-4,9-26H,5-6H2/t9-,10-,11-,12-,13+,14+,15+,16+,17-,18-/m1/s1. The summed E-state index contributed by atoms with van der Waals surface area (Å²) < 4.78 is 11.0. The second-order valence-electron chi connectivity index (χ2n) is 7.17. The van der Waals surface area contributed by atoms with Crippen LogP contribution in [0.15, 0.2) is 24.3 Å². The van der Waals surface area contributed by atoms with Gasteiger partial charge in [0.15, 0.2) is 0 Å². The predicted molar refractivity (Wildman–Crippen MR) is 91.9 cm³/mol. The third kappa shape index (κ3) is 3.81. The first kappa shape index (κ1) is 21.5. The lowest BCUT2D eigenvalue weighted by Crippen LogP contribution is -2.55. The summed E-state index contributed by atoms with van der Waals surface area (Å²) in [5.74, 6) is 0. The van der Waals surface area contributed by atoms with Crippen LogP contribution in [0.4, 0.5) is 0 Å². The molecule has 0 aliphatic carbocycles. The molecule has 0 amide bonds. The Morgan fingerprint density at radius 2 is 1.00 bits per heavy atom. The summed E-state index contributed by atoms with van der Waals surface area (Å²) in [6, 6.07) is 6.26. The molecule has 10 atom stereocenters. The molecule has 0 bridgehead atoms. The summed E-state index contributed by atoms with van der Waals surface area (Å²) in [5, 5.41) is 79.0. The Morgan fingerprint density at radius 1 is 0.607 bits per heavy atom. The van der Waals surface area contributed by atoms with Gasteiger partial charge in [0.25, 0.3) is 0 Å². The molecule has 0 radical (unpaired) electrons. The van der Waals surface area contributed by atoms with Gasteiger partial charge in [0.1, 0.15) is 61.0 Å². The van der Waals surface area contributed by atoms with Crippen molar-refractivity contribution in [1.29, 1.82) is 0 Å². The van der Waals surface area contributed by atoms with Gasteiger partial charge >= 0.3 is 0 Å². The fourth-order valence-corrected chi connectivity index (χ4v) is 3.67. The molecule has 3 rings (SSSR count). The molecule has 2 aliphatic rings. The average molecular weight is 402 g/mol. The Bertz CT molecular complexity index is 602. The lowest BCUT2D eigenvalue weighted by molar-refractivity contribution is -0.233. The minimum Gasteiger partial charge on any atom is -0.394 e. The van der Waals surface area contributed by atoms with E-state index < -0.39 is 74.3 Å². The molecule has 1 aromatic carbocycles. The molecule has 2 fully saturated rings. The fraction of sp³-hybridized carbons (Fsp3) is 0.667. The lowest BCUT2D eigenvalue weighted by atomic mass is 9.88. The Labute approximate surface area is 160 Å². The number of hydrogen-bond acceptors (Lipinski definition) is 10. The summed E-state index contributed by atoms with van der Waals surface area (Å²) in [7, 11) is 0.